The first-order valence-electron chi connectivity index (χ1n) is 22.9. The predicted molar refractivity (Wildman–Crippen MR) is 276 cm³/mol. The van der Waals surface area contributed by atoms with Crippen molar-refractivity contribution in [3.05, 3.63) is 218 Å². The third-order valence-electron chi connectivity index (χ3n) is 13.5. The molecule has 0 atom stereocenters. The molecule has 314 valence electrons. The molecular formula is C61H39N5O. The SMILES string of the molecule is C1=CC(c2nc(-c3ccccc3)nc(-c3cccc(-c4cc5c6ccccc6oc5c5c6ccc7ccccc7c6n(-c6ccc7c(c6)c6ccccc6n7-c6ccccc6)c45)c3)n2)=CCC1. The van der Waals surface area contributed by atoms with E-state index in [1.165, 1.54) is 27.1 Å². The molecule has 14 rings (SSSR count). The minimum Gasteiger partial charge on any atom is -0.455 e. The summed E-state index contributed by atoms with van der Waals surface area (Å²) in [5.41, 5.74) is 13.5. The van der Waals surface area contributed by atoms with Crippen molar-refractivity contribution in [1.82, 2.24) is 24.1 Å². The highest BCUT2D eigenvalue weighted by Gasteiger charge is 2.26. The number of allylic oxidation sites excluding steroid dienone is 4. The quantitative estimate of drug-likeness (QED) is 0.167. The second-order valence-electron chi connectivity index (χ2n) is 17.4. The molecule has 13 aromatic rings. The highest BCUT2D eigenvalue weighted by molar-refractivity contribution is 6.30. The van der Waals surface area contributed by atoms with Gasteiger partial charge in [0.05, 0.1) is 27.5 Å². The van der Waals surface area contributed by atoms with Crippen LogP contribution in [0, 0.1) is 0 Å². The van der Waals surface area contributed by atoms with Crippen LogP contribution in [-0.4, -0.2) is 24.1 Å². The molecule has 0 saturated carbocycles. The summed E-state index contributed by atoms with van der Waals surface area (Å²) in [4.78, 5) is 15.4. The lowest BCUT2D eigenvalue weighted by Gasteiger charge is -2.15. The van der Waals surface area contributed by atoms with Crippen molar-refractivity contribution in [2.45, 2.75) is 12.8 Å². The van der Waals surface area contributed by atoms with Gasteiger partial charge in [-0.1, -0.05) is 158 Å². The Kier molecular flexibility index (Phi) is 8.31. The Morgan fingerprint density at radius 1 is 0.418 bits per heavy atom. The third-order valence-corrected chi connectivity index (χ3v) is 13.5. The highest BCUT2D eigenvalue weighted by atomic mass is 16.3. The second kappa shape index (κ2) is 14.8. The van der Waals surface area contributed by atoms with Crippen LogP contribution in [0.3, 0.4) is 0 Å². The summed E-state index contributed by atoms with van der Waals surface area (Å²) >= 11 is 0. The van der Waals surface area contributed by atoms with Gasteiger partial charge in [-0.25, -0.2) is 15.0 Å². The molecule has 0 fully saturated rings. The molecule has 0 radical (unpaired) electrons. The topological polar surface area (TPSA) is 61.7 Å². The molecule has 0 spiro atoms. The molecule has 1 aliphatic rings. The second-order valence-corrected chi connectivity index (χ2v) is 17.4. The van der Waals surface area contributed by atoms with Gasteiger partial charge in [-0.05, 0) is 78.4 Å². The zero-order valence-electron chi connectivity index (χ0n) is 36.3. The van der Waals surface area contributed by atoms with E-state index in [0.717, 1.165) is 101 Å². The molecular weight excluding hydrogens is 819 g/mol. The van der Waals surface area contributed by atoms with Crippen LogP contribution in [0.2, 0.25) is 0 Å². The Labute approximate surface area is 385 Å². The zero-order valence-corrected chi connectivity index (χ0v) is 36.3. The summed E-state index contributed by atoms with van der Waals surface area (Å²) in [5, 5.41) is 9.09. The summed E-state index contributed by atoms with van der Waals surface area (Å²) in [5.74, 6) is 1.95. The maximum absolute atomic E-state index is 6.97. The summed E-state index contributed by atoms with van der Waals surface area (Å²) < 4.78 is 11.8. The Morgan fingerprint density at radius 2 is 1.12 bits per heavy atom. The highest BCUT2D eigenvalue weighted by Crippen LogP contribution is 2.48. The van der Waals surface area contributed by atoms with Crippen LogP contribution in [-0.2, 0) is 0 Å². The van der Waals surface area contributed by atoms with E-state index in [2.05, 4.69) is 203 Å². The molecule has 6 heteroatoms. The van der Waals surface area contributed by atoms with Gasteiger partial charge in [0, 0.05) is 66.0 Å². The smallest absolute Gasteiger partial charge is 0.164 e. The van der Waals surface area contributed by atoms with Crippen LogP contribution < -0.4 is 0 Å². The number of rotatable bonds is 6. The van der Waals surface area contributed by atoms with Crippen LogP contribution in [0.15, 0.2) is 217 Å². The fraction of sp³-hybridized carbons (Fsp3) is 0.0328. The van der Waals surface area contributed by atoms with Gasteiger partial charge in [0.2, 0.25) is 0 Å². The molecule has 0 bridgehead atoms. The zero-order chi connectivity index (χ0) is 44.0. The molecule has 0 N–H and O–H groups in total. The molecule has 4 heterocycles. The average Bonchev–Trinajstić information content (AvgIpc) is 4.07. The molecule has 0 unspecified atom stereocenters. The van der Waals surface area contributed by atoms with Gasteiger partial charge in [-0.15, -0.1) is 0 Å². The predicted octanol–water partition coefficient (Wildman–Crippen LogP) is 15.9. The van der Waals surface area contributed by atoms with Crippen molar-refractivity contribution in [1.29, 1.82) is 0 Å². The lowest BCUT2D eigenvalue weighted by molar-refractivity contribution is 0.673. The summed E-state index contributed by atoms with van der Waals surface area (Å²) in [6.45, 7) is 0. The Bertz CT molecular complexity index is 4210. The normalized spacial score (nSPS) is 13.0. The Morgan fingerprint density at radius 3 is 1.97 bits per heavy atom. The number of hydrogen-bond donors (Lipinski definition) is 0. The van der Waals surface area contributed by atoms with Crippen LogP contribution in [0.1, 0.15) is 18.7 Å². The maximum Gasteiger partial charge on any atom is 0.164 e. The van der Waals surface area contributed by atoms with E-state index in [-0.39, 0.29) is 0 Å². The molecule has 0 amide bonds. The van der Waals surface area contributed by atoms with Crippen molar-refractivity contribution in [3.63, 3.8) is 0 Å². The van der Waals surface area contributed by atoms with Crippen molar-refractivity contribution in [3.8, 4) is 45.3 Å². The number of nitrogens with zero attached hydrogens (tertiary/aromatic N) is 5. The molecule has 6 nitrogen and oxygen atoms in total. The van der Waals surface area contributed by atoms with Gasteiger partial charge in [0.25, 0.3) is 0 Å². The number of aromatic nitrogens is 5. The molecule has 0 aliphatic heterocycles. The number of hydrogen-bond acceptors (Lipinski definition) is 4. The molecule has 67 heavy (non-hydrogen) atoms. The monoisotopic (exact) mass is 857 g/mol. The minimum absolute atomic E-state index is 0.628. The lowest BCUT2D eigenvalue weighted by Crippen LogP contribution is -2.03. The van der Waals surface area contributed by atoms with E-state index >= 15 is 0 Å². The molecule has 1 aliphatic carbocycles. The van der Waals surface area contributed by atoms with Gasteiger partial charge in [0.15, 0.2) is 17.5 Å². The van der Waals surface area contributed by atoms with Gasteiger partial charge < -0.3 is 13.6 Å². The first-order chi connectivity index (χ1) is 33.2. The van der Waals surface area contributed by atoms with Crippen LogP contribution >= 0.6 is 0 Å². The number of furan rings is 1. The van der Waals surface area contributed by atoms with E-state index in [0.29, 0.717) is 17.5 Å². The fourth-order valence-corrected chi connectivity index (χ4v) is 10.5. The van der Waals surface area contributed by atoms with Gasteiger partial charge in [0.1, 0.15) is 11.2 Å². The number of fused-ring (bicyclic) bond motifs is 12. The molecule has 4 aromatic heterocycles. The lowest BCUT2D eigenvalue weighted by atomic mass is 9.96. The standard InChI is InChI=1S/C61H39N5O/c1-4-18-39(19-5-1)59-62-60(40-20-6-2-7-21-40)64-61(63-59)42-23-16-22-41(35-42)49-37-51-47-28-13-15-30-54(47)67-58(51)55-48-33-31-38-17-10-11-26-45(38)56(48)66(57(49)55)44-32-34-53-50(36-44)46-27-12-14-29-52(46)65(53)43-24-8-3-9-25-43/h1,3-6,8-37H,2,7H2. The van der Waals surface area contributed by atoms with E-state index in [1.807, 2.05) is 18.2 Å². The van der Waals surface area contributed by atoms with E-state index in [9.17, 15) is 0 Å². The Hall–Kier alpha value is -8.87. The minimum atomic E-state index is 0.628. The van der Waals surface area contributed by atoms with Crippen molar-refractivity contribution < 1.29 is 4.42 Å². The van der Waals surface area contributed by atoms with Gasteiger partial charge in [-0.2, -0.15) is 0 Å². The van der Waals surface area contributed by atoms with Crippen LogP contribution in [0.5, 0.6) is 0 Å². The van der Waals surface area contributed by atoms with Gasteiger partial charge in [-0.3, -0.25) is 0 Å². The first-order valence-corrected chi connectivity index (χ1v) is 22.9. The van der Waals surface area contributed by atoms with Crippen LogP contribution in [0.25, 0.3) is 127 Å². The number of para-hydroxylation sites is 3. The molecule has 9 aromatic carbocycles. The van der Waals surface area contributed by atoms with Crippen molar-refractivity contribution in [2.75, 3.05) is 0 Å². The molecule has 0 saturated heterocycles. The van der Waals surface area contributed by atoms with Crippen molar-refractivity contribution in [2.24, 2.45) is 0 Å². The summed E-state index contributed by atoms with van der Waals surface area (Å²) in [7, 11) is 0. The third kappa shape index (κ3) is 5.86. The van der Waals surface area contributed by atoms with E-state index < -0.39 is 0 Å². The first kappa shape index (κ1) is 37.5. The maximum atomic E-state index is 6.97. The Balaban J connectivity index is 1.09. The fourth-order valence-electron chi connectivity index (χ4n) is 10.5. The van der Waals surface area contributed by atoms with E-state index in [1.54, 1.807) is 0 Å². The largest absolute Gasteiger partial charge is 0.455 e. The van der Waals surface area contributed by atoms with Crippen LogP contribution in [0.4, 0.5) is 0 Å². The van der Waals surface area contributed by atoms with Gasteiger partial charge >= 0.3 is 0 Å². The van der Waals surface area contributed by atoms with E-state index in [4.69, 9.17) is 19.4 Å². The average molecular weight is 858 g/mol. The van der Waals surface area contributed by atoms with Crippen molar-refractivity contribution >= 4 is 81.9 Å². The summed E-state index contributed by atoms with van der Waals surface area (Å²) in [6, 6.07) is 69.3. The summed E-state index contributed by atoms with van der Waals surface area (Å²) in [6.07, 6.45) is 8.52. The number of benzene rings is 9.